The van der Waals surface area contributed by atoms with Gasteiger partial charge < -0.3 is 9.64 Å². The van der Waals surface area contributed by atoms with E-state index in [1.165, 1.54) is 11.1 Å². The van der Waals surface area contributed by atoms with Crippen molar-refractivity contribution in [2.45, 2.75) is 31.3 Å². The van der Waals surface area contributed by atoms with E-state index in [1.54, 1.807) is 4.90 Å². The van der Waals surface area contributed by atoms with E-state index in [1.807, 2.05) is 12.1 Å². The summed E-state index contributed by atoms with van der Waals surface area (Å²) in [6, 6.07) is 21.1. The molecule has 5 heteroatoms. The van der Waals surface area contributed by atoms with Crippen molar-refractivity contribution in [1.29, 1.82) is 0 Å². The van der Waals surface area contributed by atoms with E-state index < -0.39 is 5.60 Å². The van der Waals surface area contributed by atoms with Crippen LogP contribution < -0.4 is 0 Å². The third-order valence-corrected chi connectivity index (χ3v) is 8.72. The van der Waals surface area contributed by atoms with Crippen molar-refractivity contribution in [1.82, 2.24) is 9.80 Å². The Morgan fingerprint density at radius 1 is 0.771 bits per heavy atom. The van der Waals surface area contributed by atoms with Gasteiger partial charge in [0.05, 0.1) is 18.4 Å². The van der Waals surface area contributed by atoms with Crippen molar-refractivity contribution in [2.24, 2.45) is 23.7 Å². The van der Waals surface area contributed by atoms with Crippen LogP contribution in [0.25, 0.3) is 0 Å². The molecule has 35 heavy (non-hydrogen) atoms. The SMILES string of the molecule is O=C1C2C3C=CC(CC3)C2C(=O)N1CCCN1CCOC(c2ccccc2)(c2ccccc2)CC1. The number of carbonyl (C=O) groups is 2. The highest BCUT2D eigenvalue weighted by Gasteiger charge is 2.56. The highest BCUT2D eigenvalue weighted by molar-refractivity contribution is 6.06. The number of ether oxygens (including phenoxy) is 1. The van der Waals surface area contributed by atoms with Crippen molar-refractivity contribution in [3.8, 4) is 0 Å². The molecule has 0 spiro atoms. The topological polar surface area (TPSA) is 49.9 Å². The number of rotatable bonds is 6. The van der Waals surface area contributed by atoms with Crippen LogP contribution >= 0.6 is 0 Å². The summed E-state index contributed by atoms with van der Waals surface area (Å²) in [6.07, 6.45) is 8.15. The van der Waals surface area contributed by atoms with Crippen LogP contribution in [0.3, 0.4) is 0 Å². The van der Waals surface area contributed by atoms with E-state index in [4.69, 9.17) is 4.74 Å². The number of hydrogen-bond donors (Lipinski definition) is 0. The number of nitrogens with zero attached hydrogens (tertiary/aromatic N) is 2. The van der Waals surface area contributed by atoms with E-state index >= 15 is 0 Å². The molecule has 2 bridgehead atoms. The molecular formula is C30H34N2O3. The van der Waals surface area contributed by atoms with Gasteiger partial charge in [0.1, 0.15) is 5.60 Å². The predicted octanol–water partition coefficient (Wildman–Crippen LogP) is 4.24. The zero-order chi connectivity index (χ0) is 23.8. The maximum Gasteiger partial charge on any atom is 0.233 e. The Morgan fingerprint density at radius 2 is 1.34 bits per heavy atom. The molecule has 2 saturated heterocycles. The first-order valence-corrected chi connectivity index (χ1v) is 13.2. The fraction of sp³-hybridized carbons (Fsp3) is 0.467. The smallest absolute Gasteiger partial charge is 0.233 e. The molecule has 5 nitrogen and oxygen atoms in total. The van der Waals surface area contributed by atoms with Crippen molar-refractivity contribution >= 4 is 11.8 Å². The van der Waals surface area contributed by atoms with Crippen molar-refractivity contribution in [3.63, 3.8) is 0 Å². The third kappa shape index (κ3) is 3.95. The minimum Gasteiger partial charge on any atom is -0.364 e. The fourth-order valence-corrected chi connectivity index (χ4v) is 6.92. The summed E-state index contributed by atoms with van der Waals surface area (Å²) in [7, 11) is 0. The minimum absolute atomic E-state index is 0.0745. The average molecular weight is 471 g/mol. The maximum atomic E-state index is 13.1. The predicted molar refractivity (Wildman–Crippen MR) is 134 cm³/mol. The molecular weight excluding hydrogens is 436 g/mol. The molecule has 0 radical (unpaired) electrons. The van der Waals surface area contributed by atoms with Crippen LogP contribution in [-0.2, 0) is 19.9 Å². The van der Waals surface area contributed by atoms with Gasteiger partial charge in [-0.15, -0.1) is 0 Å². The lowest BCUT2D eigenvalue weighted by Gasteiger charge is -2.38. The molecule has 2 aromatic carbocycles. The summed E-state index contributed by atoms with van der Waals surface area (Å²) >= 11 is 0. The molecule has 0 aromatic heterocycles. The second kappa shape index (κ2) is 9.36. The van der Waals surface area contributed by atoms with Crippen LogP contribution in [-0.4, -0.2) is 54.4 Å². The highest BCUT2D eigenvalue weighted by Crippen LogP contribution is 2.49. The average Bonchev–Trinajstić information content (AvgIpc) is 3.06. The summed E-state index contributed by atoms with van der Waals surface area (Å²) in [4.78, 5) is 30.2. The van der Waals surface area contributed by atoms with Crippen LogP contribution in [0.5, 0.6) is 0 Å². The monoisotopic (exact) mass is 470 g/mol. The quantitative estimate of drug-likeness (QED) is 0.468. The van der Waals surface area contributed by atoms with Gasteiger partial charge in [-0.25, -0.2) is 0 Å². The van der Waals surface area contributed by atoms with Gasteiger partial charge in [-0.3, -0.25) is 14.5 Å². The van der Waals surface area contributed by atoms with Gasteiger partial charge in [0.2, 0.25) is 11.8 Å². The van der Waals surface area contributed by atoms with Crippen molar-refractivity contribution in [3.05, 3.63) is 83.9 Å². The Hall–Kier alpha value is -2.76. The molecule has 1 saturated carbocycles. The van der Waals surface area contributed by atoms with Gasteiger partial charge in [0, 0.05) is 19.6 Å². The second-order valence-corrected chi connectivity index (χ2v) is 10.5. The first-order chi connectivity index (χ1) is 17.2. The molecule has 2 amide bonds. The van der Waals surface area contributed by atoms with Crippen LogP contribution in [0.4, 0.5) is 0 Å². The largest absolute Gasteiger partial charge is 0.364 e. The van der Waals surface area contributed by atoms with E-state index in [2.05, 4.69) is 65.6 Å². The molecule has 2 heterocycles. The number of likely N-dealkylation sites (tertiary alicyclic amines) is 1. The molecule has 3 fully saturated rings. The Morgan fingerprint density at radius 3 is 1.89 bits per heavy atom. The summed E-state index contributed by atoms with van der Waals surface area (Å²) < 4.78 is 6.63. The number of carbonyl (C=O) groups excluding carboxylic acids is 2. The number of allylic oxidation sites excluding steroid dienone is 2. The summed E-state index contributed by atoms with van der Waals surface area (Å²) in [5.74, 6) is 0.470. The van der Waals surface area contributed by atoms with E-state index in [0.717, 1.165) is 45.3 Å². The lowest BCUT2D eigenvalue weighted by atomic mass is 9.63. The Kier molecular flexibility index (Phi) is 6.07. The lowest BCUT2D eigenvalue weighted by Crippen LogP contribution is -2.38. The van der Waals surface area contributed by atoms with Gasteiger partial charge >= 0.3 is 0 Å². The Balaban J connectivity index is 1.11. The van der Waals surface area contributed by atoms with Gasteiger partial charge in [0.25, 0.3) is 0 Å². The normalized spacial score (nSPS) is 29.9. The lowest BCUT2D eigenvalue weighted by molar-refractivity contribution is -0.140. The van der Waals surface area contributed by atoms with E-state index in [9.17, 15) is 9.59 Å². The van der Waals surface area contributed by atoms with Gasteiger partial charge in [-0.1, -0.05) is 72.8 Å². The minimum atomic E-state index is -0.458. The van der Waals surface area contributed by atoms with Crippen LogP contribution in [0, 0.1) is 23.7 Å². The van der Waals surface area contributed by atoms with Gasteiger partial charge in [-0.2, -0.15) is 0 Å². The van der Waals surface area contributed by atoms with Gasteiger partial charge in [0.15, 0.2) is 0 Å². The van der Waals surface area contributed by atoms with Crippen molar-refractivity contribution in [2.75, 3.05) is 32.8 Å². The van der Waals surface area contributed by atoms with Crippen LogP contribution in [0.1, 0.15) is 36.8 Å². The molecule has 5 aliphatic rings. The molecule has 3 aliphatic carbocycles. The second-order valence-electron chi connectivity index (χ2n) is 10.5. The number of benzene rings is 2. The molecule has 182 valence electrons. The molecule has 7 rings (SSSR count). The molecule has 4 atom stereocenters. The van der Waals surface area contributed by atoms with Crippen LogP contribution in [0.15, 0.2) is 72.8 Å². The summed E-state index contributed by atoms with van der Waals surface area (Å²) in [5.41, 5.74) is 1.92. The van der Waals surface area contributed by atoms with Crippen LogP contribution in [0.2, 0.25) is 0 Å². The van der Waals surface area contributed by atoms with E-state index in [-0.39, 0.29) is 35.5 Å². The first-order valence-electron chi connectivity index (χ1n) is 13.2. The van der Waals surface area contributed by atoms with E-state index in [0.29, 0.717) is 13.2 Å². The molecule has 4 unspecified atom stereocenters. The standard InChI is InChI=1S/C30H34N2O3/c33-28-26-22-12-13-23(15-14-22)27(26)29(34)32(28)18-7-17-31-19-16-30(35-21-20-31,24-8-3-1-4-9-24)25-10-5-2-6-11-25/h1-6,8-13,22-23,26-27H,7,14-21H2. The zero-order valence-corrected chi connectivity index (χ0v) is 20.2. The Labute approximate surface area is 207 Å². The van der Waals surface area contributed by atoms with Gasteiger partial charge in [-0.05, 0) is 55.2 Å². The fourth-order valence-electron chi connectivity index (χ4n) is 6.92. The molecule has 0 N–H and O–H groups in total. The van der Waals surface area contributed by atoms with Crippen molar-refractivity contribution < 1.29 is 14.3 Å². The zero-order valence-electron chi connectivity index (χ0n) is 20.2. The number of amides is 2. The first kappa shape index (κ1) is 22.7. The number of hydrogen-bond acceptors (Lipinski definition) is 4. The Bertz CT molecular complexity index is 1030. The molecule has 2 aliphatic heterocycles. The number of imide groups is 1. The maximum absolute atomic E-state index is 13.1. The number of fused-ring (bicyclic) bond motifs is 1. The summed E-state index contributed by atoms with van der Waals surface area (Å²) in [6.45, 7) is 3.79. The summed E-state index contributed by atoms with van der Waals surface area (Å²) in [5, 5.41) is 0. The highest BCUT2D eigenvalue weighted by atomic mass is 16.5. The molecule has 2 aromatic rings. The third-order valence-electron chi connectivity index (χ3n) is 8.72.